The molecule has 0 spiro atoms. The minimum Gasteiger partial charge on any atom is -0.327 e. The van der Waals surface area contributed by atoms with Gasteiger partial charge in [0, 0.05) is 22.7 Å². The normalized spacial score (nSPS) is 21.2. The van der Waals surface area contributed by atoms with Gasteiger partial charge in [-0.05, 0) is 48.1 Å². The maximum absolute atomic E-state index is 13.7. The summed E-state index contributed by atoms with van der Waals surface area (Å²) in [5, 5.41) is 5.47. The molecular weight excluding hydrogens is 430 g/mol. The number of amides is 2. The zero-order valence-electron chi connectivity index (χ0n) is 16.8. The molecular formula is C24H22ClN3O2S. The zero-order valence-corrected chi connectivity index (χ0v) is 18.4. The fraction of sp³-hybridized carbons (Fsp3) is 0.292. The average Bonchev–Trinajstić information content (AvgIpc) is 3.49. The minimum absolute atomic E-state index is 0.0227. The van der Waals surface area contributed by atoms with Crippen LogP contribution in [0.25, 0.3) is 0 Å². The molecule has 3 heterocycles. The van der Waals surface area contributed by atoms with Crippen LogP contribution < -0.4 is 5.32 Å². The first kappa shape index (κ1) is 20.2. The predicted molar refractivity (Wildman–Crippen MR) is 123 cm³/mol. The fourth-order valence-corrected chi connectivity index (χ4v) is 5.81. The van der Waals surface area contributed by atoms with Gasteiger partial charge in [-0.2, -0.15) is 0 Å². The highest BCUT2D eigenvalue weighted by atomic mass is 35.5. The smallest absolute Gasteiger partial charge is 0.254 e. The molecule has 1 fully saturated rings. The van der Waals surface area contributed by atoms with Crippen LogP contribution in [0.1, 0.15) is 58.4 Å². The molecule has 2 aromatic heterocycles. The molecule has 0 saturated heterocycles. The number of fused-ring (bicyclic) bond motifs is 1. The molecule has 7 heteroatoms. The molecule has 158 valence electrons. The Morgan fingerprint density at radius 1 is 1.10 bits per heavy atom. The van der Waals surface area contributed by atoms with Gasteiger partial charge >= 0.3 is 0 Å². The van der Waals surface area contributed by atoms with E-state index < -0.39 is 5.92 Å². The molecule has 1 aliphatic heterocycles. The molecule has 31 heavy (non-hydrogen) atoms. The monoisotopic (exact) mass is 451 g/mol. The third kappa shape index (κ3) is 3.75. The van der Waals surface area contributed by atoms with Crippen LogP contribution in [0.4, 0.5) is 5.82 Å². The van der Waals surface area contributed by atoms with Crippen molar-refractivity contribution in [3.8, 4) is 0 Å². The van der Waals surface area contributed by atoms with Gasteiger partial charge in [0.1, 0.15) is 5.82 Å². The summed E-state index contributed by atoms with van der Waals surface area (Å²) < 4.78 is 0. The van der Waals surface area contributed by atoms with Crippen molar-refractivity contribution < 1.29 is 9.59 Å². The fourth-order valence-electron chi connectivity index (χ4n) is 4.83. The molecule has 1 N–H and O–H groups in total. The van der Waals surface area contributed by atoms with E-state index >= 15 is 0 Å². The first-order valence-electron chi connectivity index (χ1n) is 10.5. The number of carbonyl (C=O) groups is 2. The van der Waals surface area contributed by atoms with Crippen molar-refractivity contribution in [2.24, 2.45) is 0 Å². The van der Waals surface area contributed by atoms with Gasteiger partial charge in [0.05, 0.1) is 17.0 Å². The summed E-state index contributed by atoms with van der Waals surface area (Å²) in [4.78, 5) is 34.6. The molecule has 2 atom stereocenters. The summed E-state index contributed by atoms with van der Waals surface area (Å²) >= 11 is 7.54. The number of nitrogens with one attached hydrogen (secondary N) is 1. The molecule has 1 saturated carbocycles. The van der Waals surface area contributed by atoms with Crippen LogP contribution in [0.5, 0.6) is 0 Å². The molecule has 0 radical (unpaired) electrons. The minimum atomic E-state index is -0.523. The van der Waals surface area contributed by atoms with Crippen LogP contribution in [0.3, 0.4) is 0 Å². The first-order valence-corrected chi connectivity index (χ1v) is 11.8. The van der Waals surface area contributed by atoms with E-state index in [0.717, 1.165) is 36.1 Å². The van der Waals surface area contributed by atoms with E-state index in [1.54, 1.807) is 23.5 Å². The van der Waals surface area contributed by atoms with Gasteiger partial charge in [0.15, 0.2) is 0 Å². The number of nitrogens with zero attached hydrogens (tertiary/aromatic N) is 2. The van der Waals surface area contributed by atoms with E-state index in [1.165, 1.54) is 6.20 Å². The maximum atomic E-state index is 13.7. The van der Waals surface area contributed by atoms with E-state index in [1.807, 2.05) is 46.7 Å². The van der Waals surface area contributed by atoms with E-state index in [9.17, 15) is 9.59 Å². The van der Waals surface area contributed by atoms with Crippen molar-refractivity contribution in [1.82, 2.24) is 9.88 Å². The summed E-state index contributed by atoms with van der Waals surface area (Å²) in [5.74, 6) is -0.225. The summed E-state index contributed by atoms with van der Waals surface area (Å²) in [6, 6.07) is 14.7. The van der Waals surface area contributed by atoms with Crippen LogP contribution >= 0.6 is 22.9 Å². The van der Waals surface area contributed by atoms with Crippen LogP contribution in [0.15, 0.2) is 60.1 Å². The SMILES string of the molecule is O=C(Nc1ccc(Cl)cn1)C1c2ccccc2C(=O)N(C2CCCC2)C1c1cccs1. The van der Waals surface area contributed by atoms with Crippen molar-refractivity contribution in [1.29, 1.82) is 0 Å². The number of benzene rings is 1. The number of hydrogen-bond donors (Lipinski definition) is 1. The van der Waals surface area contributed by atoms with Crippen molar-refractivity contribution in [3.63, 3.8) is 0 Å². The molecule has 2 aliphatic rings. The number of pyridine rings is 1. The molecule has 2 unspecified atom stereocenters. The van der Waals surface area contributed by atoms with E-state index in [2.05, 4.69) is 10.3 Å². The van der Waals surface area contributed by atoms with Gasteiger partial charge in [0.2, 0.25) is 5.91 Å². The molecule has 0 bridgehead atoms. The van der Waals surface area contributed by atoms with Crippen LogP contribution in [0, 0.1) is 0 Å². The zero-order chi connectivity index (χ0) is 21.4. The highest BCUT2D eigenvalue weighted by Crippen LogP contribution is 2.47. The second-order valence-electron chi connectivity index (χ2n) is 8.03. The number of anilines is 1. The van der Waals surface area contributed by atoms with Gasteiger partial charge < -0.3 is 10.2 Å². The largest absolute Gasteiger partial charge is 0.327 e. The van der Waals surface area contributed by atoms with E-state index in [4.69, 9.17) is 11.6 Å². The molecule has 5 nitrogen and oxygen atoms in total. The quantitative estimate of drug-likeness (QED) is 0.556. The highest BCUT2D eigenvalue weighted by Gasteiger charge is 2.47. The Bertz CT molecular complexity index is 1090. The van der Waals surface area contributed by atoms with Crippen molar-refractivity contribution in [2.75, 3.05) is 5.32 Å². The number of hydrogen-bond acceptors (Lipinski definition) is 4. The molecule has 5 rings (SSSR count). The number of rotatable bonds is 4. The number of carbonyl (C=O) groups excluding carboxylic acids is 2. The maximum Gasteiger partial charge on any atom is 0.254 e. The van der Waals surface area contributed by atoms with Gasteiger partial charge in [-0.3, -0.25) is 9.59 Å². The Labute approximate surface area is 190 Å². The average molecular weight is 452 g/mol. The summed E-state index contributed by atoms with van der Waals surface area (Å²) in [5.41, 5.74) is 1.39. The third-order valence-electron chi connectivity index (χ3n) is 6.19. The highest BCUT2D eigenvalue weighted by molar-refractivity contribution is 7.10. The van der Waals surface area contributed by atoms with E-state index in [0.29, 0.717) is 16.4 Å². The topological polar surface area (TPSA) is 62.3 Å². The Hall–Kier alpha value is -2.70. The molecule has 1 aliphatic carbocycles. The number of thiophene rings is 1. The summed E-state index contributed by atoms with van der Waals surface area (Å²) in [6.07, 6.45) is 5.68. The van der Waals surface area contributed by atoms with Crippen molar-refractivity contribution in [2.45, 2.75) is 43.7 Å². The number of halogens is 1. The van der Waals surface area contributed by atoms with Gasteiger partial charge in [-0.1, -0.05) is 48.7 Å². The predicted octanol–water partition coefficient (Wildman–Crippen LogP) is 5.66. The van der Waals surface area contributed by atoms with Crippen molar-refractivity contribution >= 4 is 40.6 Å². The second-order valence-corrected chi connectivity index (χ2v) is 9.44. The van der Waals surface area contributed by atoms with Gasteiger partial charge in [-0.15, -0.1) is 11.3 Å². The van der Waals surface area contributed by atoms with Gasteiger partial charge in [0.25, 0.3) is 5.91 Å². The summed E-state index contributed by atoms with van der Waals surface area (Å²) in [7, 11) is 0. The van der Waals surface area contributed by atoms with Crippen LogP contribution in [0.2, 0.25) is 5.02 Å². The second kappa shape index (κ2) is 8.44. The van der Waals surface area contributed by atoms with Crippen molar-refractivity contribution in [3.05, 3.63) is 81.1 Å². The van der Waals surface area contributed by atoms with Crippen LogP contribution in [-0.4, -0.2) is 27.7 Å². The van der Waals surface area contributed by atoms with Gasteiger partial charge in [-0.25, -0.2) is 4.98 Å². The molecule has 3 aromatic rings. The molecule has 1 aromatic carbocycles. The van der Waals surface area contributed by atoms with Crippen LogP contribution in [-0.2, 0) is 4.79 Å². The first-order chi connectivity index (χ1) is 15.1. The Morgan fingerprint density at radius 2 is 1.90 bits per heavy atom. The Balaban J connectivity index is 1.61. The lowest BCUT2D eigenvalue weighted by molar-refractivity contribution is -0.119. The third-order valence-corrected chi connectivity index (χ3v) is 7.36. The lowest BCUT2D eigenvalue weighted by Gasteiger charge is -2.44. The molecule has 2 amide bonds. The lowest BCUT2D eigenvalue weighted by Crippen LogP contribution is -2.49. The number of aromatic nitrogens is 1. The standard InChI is InChI=1S/C24H22ClN3O2S/c25-15-11-12-20(26-14-15)27-23(29)21-17-8-3-4-9-18(17)24(30)28(16-6-1-2-7-16)22(21)19-10-5-13-31-19/h3-5,8-14,16,21-22H,1-2,6-7H2,(H,26,27,29). The van der Waals surface area contributed by atoms with E-state index in [-0.39, 0.29) is 23.9 Å². The Morgan fingerprint density at radius 3 is 2.61 bits per heavy atom. The Kier molecular flexibility index (Phi) is 5.50. The summed E-state index contributed by atoms with van der Waals surface area (Å²) in [6.45, 7) is 0. The lowest BCUT2D eigenvalue weighted by atomic mass is 9.80.